The molecule has 2 aliphatic heterocycles. The monoisotopic (exact) mass is 474 g/mol. The van der Waals surface area contributed by atoms with Crippen LogP contribution in [0, 0.1) is 5.92 Å². The van der Waals surface area contributed by atoms with Crippen LogP contribution in [-0.2, 0) is 0 Å². The van der Waals surface area contributed by atoms with Gasteiger partial charge in [0.25, 0.3) is 0 Å². The van der Waals surface area contributed by atoms with E-state index in [9.17, 15) is 5.11 Å². The molecule has 1 saturated carbocycles. The smallest absolute Gasteiger partial charge is 0.110 e. The Kier molecular flexibility index (Phi) is 6.16. The Morgan fingerprint density at radius 1 is 0.971 bits per heavy atom. The van der Waals surface area contributed by atoms with Gasteiger partial charge in [-0.1, -0.05) is 19.1 Å². The largest absolute Gasteiger partial charge is 0.378 e. The molecular weight excluding hydrogens is 436 g/mol. The lowest BCUT2D eigenvalue weighted by atomic mass is 10.1. The summed E-state index contributed by atoms with van der Waals surface area (Å²) in [7, 11) is 0. The van der Waals surface area contributed by atoms with Crippen molar-refractivity contribution < 1.29 is 5.11 Å². The van der Waals surface area contributed by atoms with E-state index in [0.29, 0.717) is 12.0 Å². The van der Waals surface area contributed by atoms with Gasteiger partial charge in [0.15, 0.2) is 0 Å². The molecule has 3 fully saturated rings. The van der Waals surface area contributed by atoms with Crippen LogP contribution in [0.5, 0.6) is 0 Å². The molecule has 3 aliphatic rings. The summed E-state index contributed by atoms with van der Waals surface area (Å²) in [6.07, 6.45) is 6.12. The van der Waals surface area contributed by atoms with Crippen molar-refractivity contribution in [1.29, 1.82) is 0 Å². The van der Waals surface area contributed by atoms with Crippen LogP contribution in [-0.4, -0.2) is 89.1 Å². The highest BCUT2D eigenvalue weighted by Gasteiger charge is 2.37. The molecule has 6 rings (SSSR count). The molecule has 1 N–H and O–H groups in total. The SMILES string of the molecule is CCN1CCN(c2ccc(-c3cc4c(N5CCN(C(O)C6CC6)C[C@@H]5C)ccnn4c3)cc2)CC1. The second-order valence-corrected chi connectivity index (χ2v) is 10.5. The number of hydrogen-bond acceptors (Lipinski definition) is 6. The van der Waals surface area contributed by atoms with Crippen LogP contribution in [0.2, 0.25) is 0 Å². The van der Waals surface area contributed by atoms with E-state index in [1.54, 1.807) is 0 Å². The minimum Gasteiger partial charge on any atom is -0.378 e. The summed E-state index contributed by atoms with van der Waals surface area (Å²) >= 11 is 0. The van der Waals surface area contributed by atoms with E-state index in [0.717, 1.165) is 57.9 Å². The maximum Gasteiger partial charge on any atom is 0.110 e. The fourth-order valence-corrected chi connectivity index (χ4v) is 5.86. The van der Waals surface area contributed by atoms with Gasteiger partial charge in [-0.25, -0.2) is 4.52 Å². The fraction of sp³-hybridized carbons (Fsp3) is 0.536. The Balaban J connectivity index is 1.20. The molecule has 3 aromatic rings. The first kappa shape index (κ1) is 22.8. The first-order valence-corrected chi connectivity index (χ1v) is 13.3. The van der Waals surface area contributed by atoms with E-state index in [1.165, 1.54) is 35.3 Å². The first-order chi connectivity index (χ1) is 17.1. The molecule has 0 radical (unpaired) electrons. The average molecular weight is 475 g/mol. The zero-order chi connectivity index (χ0) is 23.9. The number of rotatable bonds is 6. The normalized spacial score (nSPS) is 23.2. The second-order valence-electron chi connectivity index (χ2n) is 10.5. The summed E-state index contributed by atoms with van der Waals surface area (Å²) < 4.78 is 2.01. The zero-order valence-electron chi connectivity index (χ0n) is 21.1. The van der Waals surface area contributed by atoms with Crippen LogP contribution in [0.25, 0.3) is 16.6 Å². The predicted molar refractivity (Wildman–Crippen MR) is 142 cm³/mol. The van der Waals surface area contributed by atoms with Gasteiger partial charge in [-0.2, -0.15) is 5.10 Å². The van der Waals surface area contributed by atoms with Crippen LogP contribution in [0.1, 0.15) is 26.7 Å². The molecule has 35 heavy (non-hydrogen) atoms. The molecule has 0 amide bonds. The van der Waals surface area contributed by atoms with Gasteiger partial charge in [0.2, 0.25) is 0 Å². The number of benzene rings is 1. The van der Waals surface area contributed by atoms with Crippen LogP contribution in [0.4, 0.5) is 11.4 Å². The van der Waals surface area contributed by atoms with Gasteiger partial charge in [0, 0.05) is 75.5 Å². The summed E-state index contributed by atoms with van der Waals surface area (Å²) in [5, 5.41) is 15.2. The van der Waals surface area contributed by atoms with Crippen LogP contribution < -0.4 is 9.80 Å². The Labute approximate surface area is 208 Å². The van der Waals surface area contributed by atoms with Gasteiger partial charge < -0.3 is 19.8 Å². The van der Waals surface area contributed by atoms with Gasteiger partial charge in [0.1, 0.15) is 6.23 Å². The minimum atomic E-state index is -0.268. The molecule has 0 spiro atoms. The molecule has 7 heteroatoms. The highest BCUT2D eigenvalue weighted by Crippen LogP contribution is 2.36. The number of likely N-dealkylation sites (N-methyl/N-ethyl adjacent to an activating group) is 1. The Hall–Kier alpha value is -2.61. The molecule has 4 heterocycles. The van der Waals surface area contributed by atoms with Crippen molar-refractivity contribution >= 4 is 16.9 Å². The van der Waals surface area contributed by atoms with Crippen molar-refractivity contribution in [2.45, 2.75) is 39.0 Å². The average Bonchev–Trinajstić information content (AvgIpc) is 3.66. The van der Waals surface area contributed by atoms with E-state index < -0.39 is 0 Å². The molecule has 0 bridgehead atoms. The number of aromatic nitrogens is 2. The summed E-state index contributed by atoms with van der Waals surface area (Å²) in [5.41, 5.74) is 6.10. The first-order valence-electron chi connectivity index (χ1n) is 13.3. The molecule has 2 saturated heterocycles. The Morgan fingerprint density at radius 2 is 1.74 bits per heavy atom. The third kappa shape index (κ3) is 4.53. The van der Waals surface area contributed by atoms with Crippen molar-refractivity contribution in [3.05, 3.63) is 48.8 Å². The molecule has 1 aromatic carbocycles. The van der Waals surface area contributed by atoms with Crippen molar-refractivity contribution in [3.8, 4) is 11.1 Å². The van der Waals surface area contributed by atoms with E-state index in [2.05, 4.69) is 81.1 Å². The van der Waals surface area contributed by atoms with Gasteiger partial charge in [0.05, 0.1) is 11.2 Å². The number of hydrogen-bond donors (Lipinski definition) is 1. The standard InChI is InChI=1S/C28H38N6O/c1-3-30-12-14-31(15-13-30)25-8-6-22(7-9-25)24-18-27-26(10-11-29-34(27)20-24)33-17-16-32(19-21(33)2)28(35)23-4-5-23/h6-11,18,20-21,23,28,35H,3-5,12-17,19H2,1-2H3/t21-,28?/m0/s1. The summed E-state index contributed by atoms with van der Waals surface area (Å²) in [4.78, 5) is 9.76. The van der Waals surface area contributed by atoms with Crippen LogP contribution in [0.3, 0.4) is 0 Å². The molecular formula is C28H38N6O. The Bertz CT molecular complexity index is 1150. The minimum absolute atomic E-state index is 0.268. The van der Waals surface area contributed by atoms with E-state index >= 15 is 0 Å². The maximum atomic E-state index is 10.6. The lowest BCUT2D eigenvalue weighted by Gasteiger charge is -2.43. The zero-order valence-corrected chi connectivity index (χ0v) is 21.1. The van der Waals surface area contributed by atoms with Gasteiger partial charge in [-0.3, -0.25) is 4.90 Å². The number of anilines is 2. The molecule has 1 aliphatic carbocycles. The molecule has 186 valence electrons. The molecule has 2 atom stereocenters. The maximum absolute atomic E-state index is 10.6. The Morgan fingerprint density at radius 3 is 2.43 bits per heavy atom. The predicted octanol–water partition coefficient (Wildman–Crippen LogP) is 3.38. The molecule has 1 unspecified atom stereocenters. The van der Waals surface area contributed by atoms with E-state index in [-0.39, 0.29) is 6.23 Å². The lowest BCUT2D eigenvalue weighted by Crippen LogP contribution is -2.55. The third-order valence-electron chi connectivity index (χ3n) is 8.26. The van der Waals surface area contributed by atoms with Crippen molar-refractivity contribution in [2.24, 2.45) is 5.92 Å². The summed E-state index contributed by atoms with van der Waals surface area (Å²) in [6.45, 7) is 12.9. The number of piperazine rings is 2. The lowest BCUT2D eigenvalue weighted by molar-refractivity contribution is -0.0221. The topological polar surface area (TPSA) is 50.5 Å². The number of fused-ring (bicyclic) bond motifs is 1. The van der Waals surface area contributed by atoms with Crippen molar-refractivity contribution in [1.82, 2.24) is 19.4 Å². The number of aliphatic hydroxyl groups excluding tert-OH is 1. The summed E-state index contributed by atoms with van der Waals surface area (Å²) in [5.74, 6) is 0.488. The van der Waals surface area contributed by atoms with Crippen LogP contribution in [0.15, 0.2) is 48.8 Å². The number of aliphatic hydroxyl groups is 1. The fourth-order valence-electron chi connectivity index (χ4n) is 5.86. The van der Waals surface area contributed by atoms with Gasteiger partial charge in [-0.15, -0.1) is 0 Å². The second kappa shape index (κ2) is 9.45. The summed E-state index contributed by atoms with van der Waals surface area (Å²) in [6, 6.07) is 13.8. The third-order valence-corrected chi connectivity index (χ3v) is 8.26. The highest BCUT2D eigenvalue weighted by molar-refractivity contribution is 5.80. The van der Waals surface area contributed by atoms with Crippen molar-refractivity contribution in [3.63, 3.8) is 0 Å². The van der Waals surface area contributed by atoms with Crippen molar-refractivity contribution in [2.75, 3.05) is 62.2 Å². The number of nitrogens with zero attached hydrogens (tertiary/aromatic N) is 6. The van der Waals surface area contributed by atoms with E-state index in [4.69, 9.17) is 0 Å². The highest BCUT2D eigenvalue weighted by atomic mass is 16.3. The van der Waals surface area contributed by atoms with E-state index in [1.807, 2.05) is 10.7 Å². The van der Waals surface area contributed by atoms with Gasteiger partial charge >= 0.3 is 0 Å². The molecule has 2 aromatic heterocycles. The van der Waals surface area contributed by atoms with Gasteiger partial charge in [-0.05, 0) is 62.1 Å². The molecule has 7 nitrogen and oxygen atoms in total. The van der Waals surface area contributed by atoms with Crippen LogP contribution >= 0.6 is 0 Å². The quantitative estimate of drug-likeness (QED) is 0.591.